The van der Waals surface area contributed by atoms with Gasteiger partial charge in [0, 0.05) is 51.7 Å². The Kier molecular flexibility index (Phi) is 7.68. The summed E-state index contributed by atoms with van der Waals surface area (Å²) in [7, 11) is 1.80. The van der Waals surface area contributed by atoms with Crippen LogP contribution >= 0.6 is 0 Å². The minimum atomic E-state index is -0.0930. The monoisotopic (exact) mass is 389 g/mol. The lowest BCUT2D eigenvalue weighted by atomic mass is 9.95. The molecule has 0 spiro atoms. The highest BCUT2D eigenvalue weighted by molar-refractivity contribution is 5.79. The molecule has 0 aromatic heterocycles. The van der Waals surface area contributed by atoms with Gasteiger partial charge in [0.2, 0.25) is 0 Å². The first-order valence-corrected chi connectivity index (χ1v) is 10.8. The average molecular weight is 390 g/mol. The smallest absolute Gasteiger partial charge is 0.191 e. The highest BCUT2D eigenvalue weighted by Gasteiger charge is 2.45. The molecule has 0 atom stereocenters. The fraction of sp³-hybridized carbons (Fsp3) is 0.682. The summed E-state index contributed by atoms with van der Waals surface area (Å²) in [5, 5.41) is 6.81. The number of halogens is 1. The number of unbranched alkanes of at least 4 members (excludes halogenated alkanes) is 1. The molecular weight excluding hydrogens is 353 g/mol. The van der Waals surface area contributed by atoms with Crippen LogP contribution in [0.2, 0.25) is 0 Å². The van der Waals surface area contributed by atoms with Crippen molar-refractivity contribution in [3.8, 4) is 0 Å². The molecule has 2 aliphatic rings. The topological polar surface area (TPSA) is 42.9 Å². The Balaban J connectivity index is 1.32. The maximum Gasteiger partial charge on any atom is 0.191 e. The third-order valence-electron chi connectivity index (χ3n) is 6.22. The van der Waals surface area contributed by atoms with Crippen LogP contribution in [-0.4, -0.2) is 75.2 Å². The minimum Gasteiger partial charge on any atom is -0.356 e. The predicted octanol–water partition coefficient (Wildman–Crippen LogP) is 2.44. The van der Waals surface area contributed by atoms with Gasteiger partial charge in [0.25, 0.3) is 0 Å². The molecule has 3 rings (SSSR count). The predicted molar refractivity (Wildman–Crippen MR) is 114 cm³/mol. The summed E-state index contributed by atoms with van der Waals surface area (Å²) in [5.41, 5.74) is 0.768. The SMILES string of the molecule is CCN1CCN(CCCCNC(=NC)NCC2(c3ccccc3F)CC2)CC1. The van der Waals surface area contributed by atoms with Crippen molar-refractivity contribution in [3.05, 3.63) is 35.6 Å². The second-order valence-electron chi connectivity index (χ2n) is 8.10. The molecule has 1 aromatic rings. The second kappa shape index (κ2) is 10.2. The number of guanidine groups is 1. The van der Waals surface area contributed by atoms with Crippen molar-refractivity contribution in [2.75, 3.05) is 59.4 Å². The molecule has 0 bridgehead atoms. The number of hydrogen-bond donors (Lipinski definition) is 2. The molecule has 1 aliphatic heterocycles. The van der Waals surface area contributed by atoms with E-state index in [4.69, 9.17) is 0 Å². The fourth-order valence-electron chi connectivity index (χ4n) is 4.05. The summed E-state index contributed by atoms with van der Waals surface area (Å²) >= 11 is 0. The van der Waals surface area contributed by atoms with E-state index in [1.54, 1.807) is 19.2 Å². The molecule has 2 N–H and O–H groups in total. The van der Waals surface area contributed by atoms with Gasteiger partial charge in [0.15, 0.2) is 5.96 Å². The number of hydrogen-bond acceptors (Lipinski definition) is 3. The lowest BCUT2D eigenvalue weighted by Crippen LogP contribution is -2.46. The number of piperazine rings is 1. The van der Waals surface area contributed by atoms with Gasteiger partial charge in [-0.25, -0.2) is 4.39 Å². The molecule has 5 nitrogen and oxygen atoms in total. The number of aliphatic imine (C=N–C) groups is 1. The molecule has 1 aromatic carbocycles. The first-order valence-electron chi connectivity index (χ1n) is 10.8. The Labute approximate surface area is 169 Å². The van der Waals surface area contributed by atoms with Gasteiger partial charge >= 0.3 is 0 Å². The molecule has 0 unspecified atom stereocenters. The quantitative estimate of drug-likeness (QED) is 0.387. The molecule has 1 aliphatic carbocycles. The summed E-state index contributed by atoms with van der Waals surface area (Å²) in [4.78, 5) is 9.41. The van der Waals surface area contributed by atoms with Crippen molar-refractivity contribution in [2.24, 2.45) is 4.99 Å². The fourth-order valence-corrected chi connectivity index (χ4v) is 4.05. The Morgan fingerprint density at radius 2 is 1.79 bits per heavy atom. The van der Waals surface area contributed by atoms with Crippen LogP contribution in [0, 0.1) is 5.82 Å². The molecule has 28 heavy (non-hydrogen) atoms. The van der Waals surface area contributed by atoms with Crippen molar-refractivity contribution in [2.45, 2.75) is 38.0 Å². The molecule has 1 saturated carbocycles. The number of nitrogens with one attached hydrogen (secondary N) is 2. The number of nitrogens with zero attached hydrogens (tertiary/aromatic N) is 3. The van der Waals surface area contributed by atoms with E-state index in [2.05, 4.69) is 32.3 Å². The maximum absolute atomic E-state index is 14.1. The number of likely N-dealkylation sites (N-methyl/N-ethyl adjacent to an activating group) is 1. The summed E-state index contributed by atoms with van der Waals surface area (Å²) in [6.45, 7) is 11.0. The van der Waals surface area contributed by atoms with Crippen molar-refractivity contribution < 1.29 is 4.39 Å². The van der Waals surface area contributed by atoms with E-state index in [1.807, 2.05) is 12.1 Å². The van der Waals surface area contributed by atoms with Crippen LogP contribution < -0.4 is 10.6 Å². The van der Waals surface area contributed by atoms with Gasteiger partial charge in [-0.2, -0.15) is 0 Å². The van der Waals surface area contributed by atoms with Crippen LogP contribution in [0.5, 0.6) is 0 Å². The molecule has 6 heteroatoms. The van der Waals surface area contributed by atoms with Crippen LogP contribution in [0.1, 0.15) is 38.2 Å². The van der Waals surface area contributed by atoms with Crippen LogP contribution in [0.3, 0.4) is 0 Å². The van der Waals surface area contributed by atoms with Crippen LogP contribution in [-0.2, 0) is 5.41 Å². The van der Waals surface area contributed by atoms with E-state index in [-0.39, 0.29) is 11.2 Å². The first-order chi connectivity index (χ1) is 13.7. The van der Waals surface area contributed by atoms with Gasteiger partial charge in [0.1, 0.15) is 5.82 Å². The van der Waals surface area contributed by atoms with Gasteiger partial charge < -0.3 is 20.4 Å². The van der Waals surface area contributed by atoms with Crippen LogP contribution in [0.15, 0.2) is 29.3 Å². The van der Waals surface area contributed by atoms with Crippen molar-refractivity contribution in [1.29, 1.82) is 0 Å². The van der Waals surface area contributed by atoms with Gasteiger partial charge in [-0.15, -0.1) is 0 Å². The number of rotatable bonds is 9. The Bertz CT molecular complexity index is 636. The summed E-state index contributed by atoms with van der Waals surface area (Å²) in [6, 6.07) is 7.16. The van der Waals surface area contributed by atoms with Gasteiger partial charge in [0.05, 0.1) is 0 Å². The Morgan fingerprint density at radius 1 is 1.07 bits per heavy atom. The third kappa shape index (κ3) is 5.67. The standard InChI is InChI=1S/C22H36FN5/c1-3-27-14-16-28(17-15-27)13-7-6-12-25-21(24-2)26-18-22(10-11-22)19-8-4-5-9-20(19)23/h4-5,8-9H,3,6-7,10-18H2,1-2H3,(H2,24,25,26). The van der Waals surface area contributed by atoms with Crippen molar-refractivity contribution in [3.63, 3.8) is 0 Å². The van der Waals surface area contributed by atoms with Crippen LogP contribution in [0.25, 0.3) is 0 Å². The summed E-state index contributed by atoms with van der Waals surface area (Å²) in [5.74, 6) is 0.726. The van der Waals surface area contributed by atoms with Crippen LogP contribution in [0.4, 0.5) is 4.39 Å². The van der Waals surface area contributed by atoms with Crippen molar-refractivity contribution >= 4 is 5.96 Å². The lowest BCUT2D eigenvalue weighted by molar-refractivity contribution is 0.136. The third-order valence-corrected chi connectivity index (χ3v) is 6.22. The maximum atomic E-state index is 14.1. The van der Waals surface area contributed by atoms with E-state index < -0.39 is 0 Å². The van der Waals surface area contributed by atoms with E-state index in [0.717, 1.165) is 43.9 Å². The second-order valence-corrected chi connectivity index (χ2v) is 8.10. The van der Waals surface area contributed by atoms with Gasteiger partial charge in [-0.1, -0.05) is 25.1 Å². The zero-order chi connectivity index (χ0) is 19.8. The molecule has 1 saturated heterocycles. The molecule has 156 valence electrons. The number of benzene rings is 1. The first kappa shape index (κ1) is 21.1. The largest absolute Gasteiger partial charge is 0.356 e. The van der Waals surface area contributed by atoms with E-state index >= 15 is 0 Å². The van der Waals surface area contributed by atoms with Gasteiger partial charge in [-0.05, 0) is 50.4 Å². The van der Waals surface area contributed by atoms with E-state index in [0.29, 0.717) is 0 Å². The summed E-state index contributed by atoms with van der Waals surface area (Å²) in [6.07, 6.45) is 4.40. The average Bonchev–Trinajstić information content (AvgIpc) is 3.51. The van der Waals surface area contributed by atoms with Crippen molar-refractivity contribution in [1.82, 2.24) is 20.4 Å². The molecule has 2 fully saturated rings. The summed E-state index contributed by atoms with van der Waals surface area (Å²) < 4.78 is 14.1. The molecular formula is C22H36FN5. The Morgan fingerprint density at radius 3 is 2.43 bits per heavy atom. The van der Waals surface area contributed by atoms with E-state index in [9.17, 15) is 4.39 Å². The zero-order valence-corrected chi connectivity index (χ0v) is 17.5. The highest BCUT2D eigenvalue weighted by Crippen LogP contribution is 2.48. The van der Waals surface area contributed by atoms with E-state index in [1.165, 1.54) is 45.7 Å². The highest BCUT2D eigenvalue weighted by atomic mass is 19.1. The lowest BCUT2D eigenvalue weighted by Gasteiger charge is -2.34. The van der Waals surface area contributed by atoms with Gasteiger partial charge in [-0.3, -0.25) is 4.99 Å². The zero-order valence-electron chi connectivity index (χ0n) is 17.5. The molecule has 0 radical (unpaired) electrons. The Hall–Kier alpha value is -1.66. The normalized spacial score (nSPS) is 20.2. The molecule has 1 heterocycles. The minimum absolute atomic E-state index is 0.0659. The molecule has 0 amide bonds.